The second kappa shape index (κ2) is 10.7. The van der Waals surface area contributed by atoms with Crippen molar-refractivity contribution in [1.82, 2.24) is 15.3 Å². The van der Waals surface area contributed by atoms with E-state index in [-0.39, 0.29) is 0 Å². The van der Waals surface area contributed by atoms with Crippen molar-refractivity contribution in [2.45, 2.75) is 59.3 Å². The summed E-state index contributed by atoms with van der Waals surface area (Å²) in [5.41, 5.74) is 3.82. The van der Waals surface area contributed by atoms with E-state index in [2.05, 4.69) is 26.1 Å². The normalized spacial score (nSPS) is 11.0. The molecule has 0 aromatic carbocycles. The molecule has 1 aromatic rings. The first-order valence-corrected chi connectivity index (χ1v) is 8.33. The van der Waals surface area contributed by atoms with E-state index >= 15 is 0 Å². The van der Waals surface area contributed by atoms with E-state index in [1.54, 1.807) is 7.11 Å². The SMILES string of the molecule is CCCNCCc1c(CC)nc(CCCOC)nc1CC. The Morgan fingerprint density at radius 1 is 0.952 bits per heavy atom. The summed E-state index contributed by atoms with van der Waals surface area (Å²) in [5.74, 6) is 0.978. The second-order valence-electron chi connectivity index (χ2n) is 5.32. The van der Waals surface area contributed by atoms with Crippen molar-refractivity contribution in [1.29, 1.82) is 0 Å². The second-order valence-corrected chi connectivity index (χ2v) is 5.32. The van der Waals surface area contributed by atoms with Gasteiger partial charge < -0.3 is 10.1 Å². The van der Waals surface area contributed by atoms with Crippen LogP contribution in [0.4, 0.5) is 0 Å². The molecule has 21 heavy (non-hydrogen) atoms. The minimum Gasteiger partial charge on any atom is -0.385 e. The van der Waals surface area contributed by atoms with Crippen LogP contribution in [-0.4, -0.2) is 36.8 Å². The summed E-state index contributed by atoms with van der Waals surface area (Å²) in [6.07, 6.45) is 6.06. The van der Waals surface area contributed by atoms with Crippen molar-refractivity contribution in [3.63, 3.8) is 0 Å². The Bertz CT molecular complexity index is 382. The minimum absolute atomic E-state index is 0.773. The van der Waals surface area contributed by atoms with Gasteiger partial charge in [0, 0.05) is 31.5 Å². The lowest BCUT2D eigenvalue weighted by Gasteiger charge is -2.14. The van der Waals surface area contributed by atoms with Crippen molar-refractivity contribution in [3.05, 3.63) is 22.8 Å². The van der Waals surface area contributed by atoms with E-state index in [0.29, 0.717) is 0 Å². The highest BCUT2D eigenvalue weighted by molar-refractivity contribution is 5.27. The van der Waals surface area contributed by atoms with E-state index in [4.69, 9.17) is 14.7 Å². The van der Waals surface area contributed by atoms with Crippen LogP contribution in [0, 0.1) is 0 Å². The van der Waals surface area contributed by atoms with Crippen LogP contribution in [0.5, 0.6) is 0 Å². The molecule has 0 atom stereocenters. The molecule has 120 valence electrons. The first kappa shape index (κ1) is 18.1. The molecule has 0 fully saturated rings. The van der Waals surface area contributed by atoms with E-state index < -0.39 is 0 Å². The van der Waals surface area contributed by atoms with Gasteiger partial charge in [0.2, 0.25) is 0 Å². The Labute approximate surface area is 129 Å². The van der Waals surface area contributed by atoms with Gasteiger partial charge in [-0.1, -0.05) is 20.8 Å². The molecule has 0 aliphatic heterocycles. The Balaban J connectivity index is 2.80. The number of rotatable bonds is 11. The highest BCUT2D eigenvalue weighted by Crippen LogP contribution is 2.15. The molecular formula is C17H31N3O. The number of aryl methyl sites for hydroxylation is 3. The van der Waals surface area contributed by atoms with Crippen LogP contribution >= 0.6 is 0 Å². The molecule has 0 amide bonds. The molecule has 0 bridgehead atoms. The van der Waals surface area contributed by atoms with E-state index in [0.717, 1.165) is 57.6 Å². The molecule has 0 aliphatic carbocycles. The van der Waals surface area contributed by atoms with Gasteiger partial charge in [0.25, 0.3) is 0 Å². The fraction of sp³-hybridized carbons (Fsp3) is 0.765. The van der Waals surface area contributed by atoms with E-state index in [1.807, 2.05) is 0 Å². The molecular weight excluding hydrogens is 262 g/mol. The minimum atomic E-state index is 0.773. The van der Waals surface area contributed by atoms with Gasteiger partial charge in [-0.15, -0.1) is 0 Å². The van der Waals surface area contributed by atoms with Crippen LogP contribution in [0.15, 0.2) is 0 Å². The summed E-state index contributed by atoms with van der Waals surface area (Å²) in [5, 5.41) is 3.47. The summed E-state index contributed by atoms with van der Waals surface area (Å²) in [6, 6.07) is 0. The van der Waals surface area contributed by atoms with Gasteiger partial charge in [-0.2, -0.15) is 0 Å². The van der Waals surface area contributed by atoms with Crippen molar-refractivity contribution < 1.29 is 4.74 Å². The molecule has 4 nitrogen and oxygen atoms in total. The van der Waals surface area contributed by atoms with E-state index in [1.165, 1.54) is 23.4 Å². The highest BCUT2D eigenvalue weighted by Gasteiger charge is 2.12. The third kappa shape index (κ3) is 6.10. The van der Waals surface area contributed by atoms with Crippen LogP contribution in [0.3, 0.4) is 0 Å². The van der Waals surface area contributed by atoms with Crippen molar-refractivity contribution in [3.8, 4) is 0 Å². The number of hydrogen-bond acceptors (Lipinski definition) is 4. The lowest BCUT2D eigenvalue weighted by molar-refractivity contribution is 0.194. The van der Waals surface area contributed by atoms with Crippen molar-refractivity contribution in [2.75, 3.05) is 26.8 Å². The molecule has 0 saturated carbocycles. The smallest absolute Gasteiger partial charge is 0.128 e. The Kier molecular flexibility index (Phi) is 9.19. The van der Waals surface area contributed by atoms with Gasteiger partial charge in [-0.05, 0) is 50.8 Å². The quantitative estimate of drug-likeness (QED) is 0.637. The molecule has 0 radical (unpaired) electrons. The maximum Gasteiger partial charge on any atom is 0.128 e. The van der Waals surface area contributed by atoms with Gasteiger partial charge in [0.15, 0.2) is 0 Å². The van der Waals surface area contributed by atoms with Crippen LogP contribution in [0.25, 0.3) is 0 Å². The highest BCUT2D eigenvalue weighted by atomic mass is 16.5. The predicted molar refractivity (Wildman–Crippen MR) is 87.8 cm³/mol. The monoisotopic (exact) mass is 293 g/mol. The third-order valence-electron chi connectivity index (χ3n) is 3.62. The fourth-order valence-electron chi connectivity index (χ4n) is 2.51. The maximum absolute atomic E-state index is 5.11. The molecule has 0 spiro atoms. The summed E-state index contributed by atoms with van der Waals surface area (Å²) in [4.78, 5) is 9.55. The zero-order valence-electron chi connectivity index (χ0n) is 14.2. The number of nitrogens with one attached hydrogen (secondary N) is 1. The lowest BCUT2D eigenvalue weighted by atomic mass is 10.0. The zero-order chi connectivity index (χ0) is 15.5. The summed E-state index contributed by atoms with van der Waals surface area (Å²) >= 11 is 0. The fourth-order valence-corrected chi connectivity index (χ4v) is 2.51. The molecule has 1 N–H and O–H groups in total. The number of hydrogen-bond donors (Lipinski definition) is 1. The predicted octanol–water partition coefficient (Wildman–Crippen LogP) is 2.72. The summed E-state index contributed by atoms with van der Waals surface area (Å²) < 4.78 is 5.11. The summed E-state index contributed by atoms with van der Waals surface area (Å²) in [7, 11) is 1.74. The van der Waals surface area contributed by atoms with Gasteiger partial charge in [-0.25, -0.2) is 9.97 Å². The van der Waals surface area contributed by atoms with E-state index in [9.17, 15) is 0 Å². The topological polar surface area (TPSA) is 47.0 Å². The first-order valence-electron chi connectivity index (χ1n) is 8.33. The van der Waals surface area contributed by atoms with Crippen LogP contribution in [0.2, 0.25) is 0 Å². The maximum atomic E-state index is 5.11. The molecule has 0 saturated heterocycles. The van der Waals surface area contributed by atoms with Crippen LogP contribution in [0.1, 0.15) is 56.4 Å². The van der Waals surface area contributed by atoms with Crippen molar-refractivity contribution >= 4 is 0 Å². The lowest BCUT2D eigenvalue weighted by Crippen LogP contribution is -2.20. The zero-order valence-corrected chi connectivity index (χ0v) is 14.2. The Hall–Kier alpha value is -1.00. The molecule has 0 unspecified atom stereocenters. The summed E-state index contributed by atoms with van der Waals surface area (Å²) in [6.45, 7) is 9.43. The third-order valence-corrected chi connectivity index (χ3v) is 3.62. The standard InChI is InChI=1S/C17H31N3O/c1-5-11-18-12-10-14-15(6-2)19-17(9-8-13-21-4)20-16(14)7-3/h18H,5-13H2,1-4H3. The van der Waals surface area contributed by atoms with Gasteiger partial charge in [-0.3, -0.25) is 0 Å². The molecule has 1 heterocycles. The molecule has 0 aliphatic rings. The number of aromatic nitrogens is 2. The average molecular weight is 293 g/mol. The van der Waals surface area contributed by atoms with Gasteiger partial charge in [0.1, 0.15) is 5.82 Å². The molecule has 1 aromatic heterocycles. The Morgan fingerprint density at radius 3 is 2.14 bits per heavy atom. The van der Waals surface area contributed by atoms with Gasteiger partial charge >= 0.3 is 0 Å². The first-order chi connectivity index (χ1) is 10.3. The Morgan fingerprint density at radius 2 is 1.62 bits per heavy atom. The van der Waals surface area contributed by atoms with Crippen LogP contribution in [-0.2, 0) is 30.4 Å². The average Bonchev–Trinajstić information content (AvgIpc) is 2.51. The molecule has 4 heteroatoms. The number of nitrogens with zero attached hydrogens (tertiary/aromatic N) is 2. The molecule has 1 rings (SSSR count). The number of ether oxygens (including phenoxy) is 1. The van der Waals surface area contributed by atoms with Crippen LogP contribution < -0.4 is 5.32 Å². The number of methoxy groups -OCH3 is 1. The van der Waals surface area contributed by atoms with Gasteiger partial charge in [0.05, 0.1) is 0 Å². The largest absolute Gasteiger partial charge is 0.385 e. The van der Waals surface area contributed by atoms with Crippen molar-refractivity contribution in [2.24, 2.45) is 0 Å².